The number of hydrogen-bond donors (Lipinski definition) is 1. The lowest BCUT2D eigenvalue weighted by atomic mass is 9.80. The Hall–Kier alpha value is -3.36. The van der Waals surface area contributed by atoms with Crippen LogP contribution in [0, 0.1) is 5.82 Å². The number of aromatic nitrogens is 2. The molecule has 2 aliphatic heterocycles. The molecule has 1 aromatic heterocycles. The van der Waals surface area contributed by atoms with Crippen molar-refractivity contribution in [3.63, 3.8) is 0 Å². The molecule has 1 aromatic carbocycles. The van der Waals surface area contributed by atoms with Crippen LogP contribution < -0.4 is 5.32 Å². The third-order valence-electron chi connectivity index (χ3n) is 6.37. The summed E-state index contributed by atoms with van der Waals surface area (Å²) >= 11 is 0. The minimum absolute atomic E-state index is 0.0920. The Balaban J connectivity index is 1.74. The van der Waals surface area contributed by atoms with E-state index in [-0.39, 0.29) is 30.5 Å². The smallest absolute Gasteiger partial charge is 0.272 e. The molecular formula is C25H31FN6O2. The van der Waals surface area contributed by atoms with Crippen molar-refractivity contribution >= 4 is 17.4 Å². The third kappa shape index (κ3) is 4.51. The molecule has 0 spiro atoms. The van der Waals surface area contributed by atoms with Crippen LogP contribution in [0.2, 0.25) is 0 Å². The molecule has 2 amide bonds. The molecule has 8 nitrogen and oxygen atoms in total. The zero-order valence-electron chi connectivity index (χ0n) is 20.1. The molecule has 0 unspecified atom stereocenters. The van der Waals surface area contributed by atoms with Crippen LogP contribution in [0.4, 0.5) is 4.39 Å². The van der Waals surface area contributed by atoms with Crippen molar-refractivity contribution in [3.05, 3.63) is 58.8 Å². The van der Waals surface area contributed by atoms with Gasteiger partial charge in [0.2, 0.25) is 0 Å². The van der Waals surface area contributed by atoms with E-state index in [9.17, 15) is 9.59 Å². The molecular weight excluding hydrogens is 435 g/mol. The topological polar surface area (TPSA) is 92.0 Å². The van der Waals surface area contributed by atoms with Crippen molar-refractivity contribution in [2.24, 2.45) is 10.3 Å². The van der Waals surface area contributed by atoms with Gasteiger partial charge in [-0.1, -0.05) is 37.1 Å². The van der Waals surface area contributed by atoms with Gasteiger partial charge in [0.25, 0.3) is 11.8 Å². The van der Waals surface area contributed by atoms with Crippen LogP contribution in [0.15, 0.2) is 46.5 Å². The lowest BCUT2D eigenvalue weighted by Crippen LogP contribution is -2.51. The molecule has 4 rings (SSSR count). The first-order valence-corrected chi connectivity index (χ1v) is 11.8. The summed E-state index contributed by atoms with van der Waals surface area (Å²) in [5.41, 5.74) is 1.49. The van der Waals surface area contributed by atoms with Gasteiger partial charge in [-0.3, -0.25) is 14.3 Å². The molecule has 0 fully saturated rings. The van der Waals surface area contributed by atoms with Crippen LogP contribution >= 0.6 is 0 Å². The first-order valence-electron chi connectivity index (χ1n) is 11.8. The monoisotopic (exact) mass is 466 g/mol. The average Bonchev–Trinajstić information content (AvgIpc) is 3.43. The maximum absolute atomic E-state index is 15.3. The van der Waals surface area contributed by atoms with E-state index in [1.165, 1.54) is 0 Å². The number of unbranched alkanes of at least 4 members (excludes halogenated alkanes) is 2. The normalized spacial score (nSPS) is 20.6. The predicted octanol–water partition coefficient (Wildman–Crippen LogP) is 4.69. The molecule has 0 radical (unpaired) electrons. The van der Waals surface area contributed by atoms with E-state index in [0.29, 0.717) is 16.8 Å². The molecule has 0 saturated heterocycles. The van der Waals surface area contributed by atoms with Gasteiger partial charge < -0.3 is 5.32 Å². The van der Waals surface area contributed by atoms with Crippen LogP contribution in [0.25, 0.3) is 5.57 Å². The number of amides is 2. The van der Waals surface area contributed by atoms with E-state index in [1.54, 1.807) is 29.8 Å². The van der Waals surface area contributed by atoms with Crippen molar-refractivity contribution in [3.8, 4) is 0 Å². The SMILES string of the molecule is CCCCCc1ccc([C@]2(C)CC(c3ccn(C(C)C)n3)=C(N3N=NCC3=O)C(=O)N2)c(F)c1. The Bertz CT molecular complexity index is 1170. The van der Waals surface area contributed by atoms with Gasteiger partial charge in [0.15, 0.2) is 0 Å². The summed E-state index contributed by atoms with van der Waals surface area (Å²) in [4.78, 5) is 25.8. The molecule has 0 aliphatic carbocycles. The Morgan fingerprint density at radius 2 is 2.00 bits per heavy atom. The maximum Gasteiger partial charge on any atom is 0.272 e. The Labute approximate surface area is 198 Å². The van der Waals surface area contributed by atoms with Gasteiger partial charge in [-0.2, -0.15) is 15.2 Å². The highest BCUT2D eigenvalue weighted by molar-refractivity contribution is 6.06. The van der Waals surface area contributed by atoms with Crippen LogP contribution in [-0.2, 0) is 21.5 Å². The van der Waals surface area contributed by atoms with Crippen molar-refractivity contribution < 1.29 is 14.0 Å². The van der Waals surface area contributed by atoms with Crippen molar-refractivity contribution in [1.29, 1.82) is 0 Å². The van der Waals surface area contributed by atoms with Crippen LogP contribution in [-0.4, -0.2) is 33.1 Å². The molecule has 180 valence electrons. The number of rotatable bonds is 8. The highest BCUT2D eigenvalue weighted by Gasteiger charge is 2.43. The van der Waals surface area contributed by atoms with E-state index < -0.39 is 17.4 Å². The number of benzene rings is 1. The van der Waals surface area contributed by atoms with E-state index in [2.05, 4.69) is 27.7 Å². The average molecular weight is 467 g/mol. The second kappa shape index (κ2) is 9.48. The zero-order chi connectivity index (χ0) is 24.5. The minimum atomic E-state index is -1.02. The van der Waals surface area contributed by atoms with E-state index in [0.717, 1.165) is 36.3 Å². The van der Waals surface area contributed by atoms with Crippen molar-refractivity contribution in [2.75, 3.05) is 6.54 Å². The van der Waals surface area contributed by atoms with Gasteiger partial charge in [0.05, 0.1) is 11.2 Å². The fraction of sp³-hybridized carbons (Fsp3) is 0.480. The van der Waals surface area contributed by atoms with Gasteiger partial charge in [-0.15, -0.1) is 0 Å². The molecule has 0 bridgehead atoms. The van der Waals surface area contributed by atoms with Crippen LogP contribution in [0.1, 0.15) is 76.2 Å². The summed E-state index contributed by atoms with van der Waals surface area (Å²) in [5, 5.41) is 16.2. The van der Waals surface area contributed by atoms with Crippen LogP contribution in [0.5, 0.6) is 0 Å². The summed E-state index contributed by atoms with van der Waals surface area (Å²) in [7, 11) is 0. The van der Waals surface area contributed by atoms with Gasteiger partial charge in [0.1, 0.15) is 18.1 Å². The Kier molecular flexibility index (Phi) is 6.63. The summed E-state index contributed by atoms with van der Waals surface area (Å²) in [6.45, 7) is 7.81. The largest absolute Gasteiger partial charge is 0.341 e. The lowest BCUT2D eigenvalue weighted by Gasteiger charge is -2.38. The standard InChI is InChI=1S/C25H31FN6O2/c1-5-6-7-8-17-9-10-19(20(26)13-17)25(4)14-18(21-11-12-31(29-21)16(2)3)23(24(34)28-25)32-22(33)15-27-30-32/h9-13,16H,5-8,14-15H2,1-4H3,(H,28,34)/t25-/m0/s1. The zero-order valence-corrected chi connectivity index (χ0v) is 20.1. The van der Waals surface area contributed by atoms with Gasteiger partial charge >= 0.3 is 0 Å². The quantitative estimate of drug-likeness (QED) is 0.572. The maximum atomic E-state index is 15.3. The highest BCUT2D eigenvalue weighted by atomic mass is 19.1. The number of halogens is 1. The first-order chi connectivity index (χ1) is 16.2. The molecule has 1 atom stereocenters. The second-order valence-corrected chi connectivity index (χ2v) is 9.43. The second-order valence-electron chi connectivity index (χ2n) is 9.43. The number of carbonyl (C=O) groups excluding carboxylic acids is 2. The number of nitrogens with zero attached hydrogens (tertiary/aromatic N) is 5. The molecule has 2 aromatic rings. The number of aryl methyl sites for hydroxylation is 1. The fourth-order valence-electron chi connectivity index (χ4n) is 4.50. The number of hydrogen-bond acceptors (Lipinski definition) is 5. The number of carbonyl (C=O) groups is 2. The predicted molar refractivity (Wildman–Crippen MR) is 126 cm³/mol. The third-order valence-corrected chi connectivity index (χ3v) is 6.37. The van der Waals surface area contributed by atoms with Gasteiger partial charge in [-0.05, 0) is 51.3 Å². The molecule has 34 heavy (non-hydrogen) atoms. The minimum Gasteiger partial charge on any atom is -0.341 e. The van der Waals surface area contributed by atoms with Crippen LogP contribution in [0.3, 0.4) is 0 Å². The Morgan fingerprint density at radius 1 is 1.21 bits per heavy atom. The van der Waals surface area contributed by atoms with E-state index in [1.807, 2.05) is 26.1 Å². The summed E-state index contributed by atoms with van der Waals surface area (Å²) in [6, 6.07) is 7.17. The first kappa shape index (κ1) is 23.8. The number of nitrogens with one attached hydrogen (secondary N) is 1. The fourth-order valence-corrected chi connectivity index (χ4v) is 4.50. The molecule has 1 N–H and O–H groups in total. The molecule has 0 saturated carbocycles. The molecule has 9 heteroatoms. The van der Waals surface area contributed by atoms with E-state index >= 15 is 4.39 Å². The van der Waals surface area contributed by atoms with Gasteiger partial charge in [0, 0.05) is 29.8 Å². The summed E-state index contributed by atoms with van der Waals surface area (Å²) < 4.78 is 17.1. The van der Waals surface area contributed by atoms with Gasteiger partial charge in [-0.25, -0.2) is 4.39 Å². The lowest BCUT2D eigenvalue weighted by molar-refractivity contribution is -0.130. The van der Waals surface area contributed by atoms with E-state index in [4.69, 9.17) is 0 Å². The summed E-state index contributed by atoms with van der Waals surface area (Å²) in [5.74, 6) is -1.26. The van der Waals surface area contributed by atoms with Crippen molar-refractivity contribution in [1.82, 2.24) is 20.1 Å². The highest BCUT2D eigenvalue weighted by Crippen LogP contribution is 2.40. The molecule has 3 heterocycles. The molecule has 2 aliphatic rings. The van der Waals surface area contributed by atoms with Crippen molar-refractivity contribution in [2.45, 2.75) is 71.4 Å². The summed E-state index contributed by atoms with van der Waals surface area (Å²) in [6.07, 6.45) is 6.11. The Morgan fingerprint density at radius 3 is 2.62 bits per heavy atom.